The molecule has 0 radical (unpaired) electrons. The molecule has 1 amide bonds. The summed E-state index contributed by atoms with van der Waals surface area (Å²) in [4.78, 5) is 23.8. The maximum absolute atomic E-state index is 13.9. The molecule has 0 aliphatic heterocycles. The normalized spacial score (nSPS) is 11.0. The number of halogens is 3. The minimum Gasteiger partial charge on any atom is -0.493 e. The number of ether oxygens (including phenoxy) is 2. The van der Waals surface area contributed by atoms with Gasteiger partial charge >= 0.3 is 5.97 Å². The fourth-order valence-electron chi connectivity index (χ4n) is 2.81. The molecule has 0 spiro atoms. The predicted octanol–water partition coefficient (Wildman–Crippen LogP) is 5.69. The van der Waals surface area contributed by atoms with E-state index in [0.717, 1.165) is 24.3 Å². The number of amides is 1. The first kappa shape index (κ1) is 22.7. The van der Waals surface area contributed by atoms with Gasteiger partial charge in [-0.05, 0) is 48.5 Å². The molecule has 0 saturated heterocycles. The van der Waals surface area contributed by atoms with Crippen LogP contribution in [0, 0.1) is 5.82 Å². The standard InChI is InChI=1S/C23H18F3NO5/c1-23(25,26)14-5-9-17(21(28)27-16-7-3-13(4-8-16)22(29)30)19(11-14)32-18-10-6-15(24)12-20(18)31-2/h3-12H,1-2H3,(H,27,28)(H,29,30). The summed E-state index contributed by atoms with van der Waals surface area (Å²) in [6, 6.07) is 12.1. The average Bonchev–Trinajstić information content (AvgIpc) is 2.74. The second-order valence-electron chi connectivity index (χ2n) is 6.83. The van der Waals surface area contributed by atoms with E-state index in [9.17, 15) is 22.8 Å². The van der Waals surface area contributed by atoms with Crippen LogP contribution in [0.5, 0.6) is 17.2 Å². The molecule has 2 N–H and O–H groups in total. The molecule has 0 aromatic heterocycles. The van der Waals surface area contributed by atoms with Crippen LogP contribution in [0.1, 0.15) is 33.2 Å². The predicted molar refractivity (Wildman–Crippen MR) is 110 cm³/mol. The van der Waals surface area contributed by atoms with Crippen molar-refractivity contribution in [2.75, 3.05) is 12.4 Å². The monoisotopic (exact) mass is 445 g/mol. The van der Waals surface area contributed by atoms with E-state index in [-0.39, 0.29) is 34.1 Å². The first-order valence-corrected chi connectivity index (χ1v) is 9.27. The van der Waals surface area contributed by atoms with E-state index in [2.05, 4.69) is 5.32 Å². The van der Waals surface area contributed by atoms with Crippen LogP contribution in [0.2, 0.25) is 0 Å². The molecule has 3 aromatic carbocycles. The Labute approximate surface area is 181 Å². The van der Waals surface area contributed by atoms with E-state index >= 15 is 0 Å². The number of methoxy groups -OCH3 is 1. The molecule has 0 unspecified atom stereocenters. The second kappa shape index (κ2) is 9.01. The first-order chi connectivity index (χ1) is 15.1. The largest absolute Gasteiger partial charge is 0.493 e. The van der Waals surface area contributed by atoms with Gasteiger partial charge in [0.15, 0.2) is 11.5 Å². The van der Waals surface area contributed by atoms with Crippen LogP contribution < -0.4 is 14.8 Å². The molecule has 0 atom stereocenters. The molecule has 0 heterocycles. The Balaban J connectivity index is 1.97. The maximum atomic E-state index is 13.9. The van der Waals surface area contributed by atoms with E-state index in [1.165, 1.54) is 43.5 Å². The van der Waals surface area contributed by atoms with Crippen molar-refractivity contribution in [2.24, 2.45) is 0 Å². The third-order valence-electron chi connectivity index (χ3n) is 4.47. The molecule has 9 heteroatoms. The Bertz CT molecular complexity index is 1160. The number of carboxylic acids is 1. The number of aromatic carboxylic acids is 1. The van der Waals surface area contributed by atoms with Gasteiger partial charge in [-0.2, -0.15) is 0 Å². The maximum Gasteiger partial charge on any atom is 0.335 e. The van der Waals surface area contributed by atoms with Crippen LogP contribution in [0.3, 0.4) is 0 Å². The number of carbonyl (C=O) groups is 2. The van der Waals surface area contributed by atoms with Gasteiger partial charge in [-0.1, -0.05) is 6.07 Å². The molecule has 0 aliphatic carbocycles. The first-order valence-electron chi connectivity index (χ1n) is 9.27. The lowest BCUT2D eigenvalue weighted by Crippen LogP contribution is -2.15. The zero-order valence-corrected chi connectivity index (χ0v) is 17.0. The summed E-state index contributed by atoms with van der Waals surface area (Å²) in [5.41, 5.74) is -0.150. The van der Waals surface area contributed by atoms with Crippen molar-refractivity contribution in [1.82, 2.24) is 0 Å². The minimum atomic E-state index is -3.20. The van der Waals surface area contributed by atoms with Crippen LogP contribution in [0.15, 0.2) is 60.7 Å². The van der Waals surface area contributed by atoms with Gasteiger partial charge in [-0.25, -0.2) is 18.0 Å². The molecule has 0 saturated carbocycles. The van der Waals surface area contributed by atoms with Crippen molar-refractivity contribution >= 4 is 17.6 Å². The van der Waals surface area contributed by atoms with Crippen molar-refractivity contribution in [3.8, 4) is 17.2 Å². The highest BCUT2D eigenvalue weighted by Crippen LogP contribution is 2.37. The lowest BCUT2D eigenvalue weighted by Gasteiger charge is -2.17. The van der Waals surface area contributed by atoms with Gasteiger partial charge in [0, 0.05) is 24.2 Å². The molecular formula is C23H18F3NO5. The fourth-order valence-corrected chi connectivity index (χ4v) is 2.81. The number of nitrogens with one attached hydrogen (secondary N) is 1. The van der Waals surface area contributed by atoms with Gasteiger partial charge in [0.2, 0.25) is 0 Å². The Morgan fingerprint density at radius 2 is 1.62 bits per heavy atom. The Kier molecular flexibility index (Phi) is 6.38. The van der Waals surface area contributed by atoms with Gasteiger partial charge in [-0.15, -0.1) is 0 Å². The molecule has 166 valence electrons. The SMILES string of the molecule is COc1cc(F)ccc1Oc1cc(C(C)(F)F)ccc1C(=O)Nc1ccc(C(=O)O)cc1. The summed E-state index contributed by atoms with van der Waals surface area (Å²) >= 11 is 0. The summed E-state index contributed by atoms with van der Waals surface area (Å²) in [5, 5.41) is 11.5. The van der Waals surface area contributed by atoms with Gasteiger partial charge in [-0.3, -0.25) is 4.79 Å². The van der Waals surface area contributed by atoms with Crippen LogP contribution >= 0.6 is 0 Å². The van der Waals surface area contributed by atoms with Crippen molar-refractivity contribution in [3.63, 3.8) is 0 Å². The Morgan fingerprint density at radius 1 is 0.938 bits per heavy atom. The number of rotatable bonds is 7. The third-order valence-corrected chi connectivity index (χ3v) is 4.47. The number of carboxylic acid groups (broad SMARTS) is 1. The Morgan fingerprint density at radius 3 is 2.22 bits per heavy atom. The van der Waals surface area contributed by atoms with Crippen LogP contribution in [-0.4, -0.2) is 24.1 Å². The van der Waals surface area contributed by atoms with Crippen molar-refractivity contribution < 1.29 is 37.3 Å². The quantitative estimate of drug-likeness (QED) is 0.488. The second-order valence-corrected chi connectivity index (χ2v) is 6.83. The highest BCUT2D eigenvalue weighted by Gasteiger charge is 2.27. The molecule has 6 nitrogen and oxygen atoms in total. The Hall–Kier alpha value is -4.01. The van der Waals surface area contributed by atoms with Crippen LogP contribution in [0.4, 0.5) is 18.9 Å². The molecular weight excluding hydrogens is 427 g/mol. The lowest BCUT2D eigenvalue weighted by atomic mass is 10.1. The fraction of sp³-hybridized carbons (Fsp3) is 0.130. The van der Waals surface area contributed by atoms with E-state index in [0.29, 0.717) is 6.92 Å². The highest BCUT2D eigenvalue weighted by atomic mass is 19.3. The number of benzene rings is 3. The molecule has 0 fully saturated rings. The van der Waals surface area contributed by atoms with Crippen LogP contribution in [-0.2, 0) is 5.92 Å². The smallest absolute Gasteiger partial charge is 0.335 e. The van der Waals surface area contributed by atoms with Crippen LogP contribution in [0.25, 0.3) is 0 Å². The van der Waals surface area contributed by atoms with E-state index in [4.69, 9.17) is 14.6 Å². The molecule has 32 heavy (non-hydrogen) atoms. The van der Waals surface area contributed by atoms with E-state index in [1.807, 2.05) is 0 Å². The van der Waals surface area contributed by atoms with Gasteiger partial charge in [0.05, 0.1) is 18.2 Å². The number of alkyl halides is 2. The van der Waals surface area contributed by atoms with Crippen molar-refractivity contribution in [3.05, 3.63) is 83.2 Å². The molecule has 3 rings (SSSR count). The van der Waals surface area contributed by atoms with Crippen molar-refractivity contribution in [1.29, 1.82) is 0 Å². The third kappa shape index (κ3) is 5.18. The summed E-state index contributed by atoms with van der Waals surface area (Å²) in [6.07, 6.45) is 0. The number of hydrogen-bond donors (Lipinski definition) is 2. The molecule has 3 aromatic rings. The number of anilines is 1. The average molecular weight is 445 g/mol. The van der Waals surface area contributed by atoms with Crippen molar-refractivity contribution in [2.45, 2.75) is 12.8 Å². The zero-order chi connectivity index (χ0) is 23.5. The van der Waals surface area contributed by atoms with Gasteiger partial charge in [0.1, 0.15) is 11.6 Å². The summed E-state index contributed by atoms with van der Waals surface area (Å²) in [7, 11) is 1.28. The van der Waals surface area contributed by atoms with Gasteiger partial charge in [0.25, 0.3) is 11.8 Å². The van der Waals surface area contributed by atoms with Gasteiger partial charge < -0.3 is 19.9 Å². The number of carbonyl (C=O) groups excluding carboxylic acids is 1. The summed E-state index contributed by atoms with van der Waals surface area (Å²) in [5.74, 6) is -5.77. The zero-order valence-electron chi connectivity index (χ0n) is 17.0. The summed E-state index contributed by atoms with van der Waals surface area (Å²) < 4.78 is 52.0. The molecule has 0 bridgehead atoms. The number of hydrogen-bond acceptors (Lipinski definition) is 4. The topological polar surface area (TPSA) is 84.9 Å². The highest BCUT2D eigenvalue weighted by molar-refractivity contribution is 6.06. The summed E-state index contributed by atoms with van der Waals surface area (Å²) in [6.45, 7) is 0.703. The lowest BCUT2D eigenvalue weighted by molar-refractivity contribution is 0.0172. The van der Waals surface area contributed by atoms with E-state index in [1.54, 1.807) is 0 Å². The van der Waals surface area contributed by atoms with E-state index < -0.39 is 29.2 Å². The minimum absolute atomic E-state index is 0.00859. The molecule has 0 aliphatic rings.